The third kappa shape index (κ3) is 3.20. The van der Waals surface area contributed by atoms with Crippen molar-refractivity contribution in [1.29, 1.82) is 0 Å². The summed E-state index contributed by atoms with van der Waals surface area (Å²) in [6.07, 6.45) is 0. The van der Waals surface area contributed by atoms with E-state index in [2.05, 4.69) is 5.32 Å². The fraction of sp³-hybridized carbons (Fsp3) is 0.500. The summed E-state index contributed by atoms with van der Waals surface area (Å²) in [6, 6.07) is 2.63. The lowest BCUT2D eigenvalue weighted by Gasteiger charge is -2.38. The Balaban J connectivity index is 2.36. The largest absolute Gasteiger partial charge is 0.309 e. The number of piperazine rings is 1. The molecule has 1 aliphatic heterocycles. The van der Waals surface area contributed by atoms with Crippen LogP contribution in [0.2, 0.25) is 0 Å². The molecule has 116 valence electrons. The van der Waals surface area contributed by atoms with Crippen LogP contribution < -0.4 is 5.32 Å². The summed E-state index contributed by atoms with van der Waals surface area (Å²) < 4.78 is 39.8. The normalized spacial score (nSPS) is 19.4. The number of sulfonamides is 1. The lowest BCUT2D eigenvalue weighted by molar-refractivity contribution is -0.387. The van der Waals surface area contributed by atoms with Crippen LogP contribution in [0, 0.1) is 15.9 Å². The number of nitrogens with one attached hydrogen (secondary N) is 1. The van der Waals surface area contributed by atoms with Crippen molar-refractivity contribution in [2.24, 2.45) is 0 Å². The van der Waals surface area contributed by atoms with Gasteiger partial charge in [-0.1, -0.05) is 0 Å². The van der Waals surface area contributed by atoms with Crippen molar-refractivity contribution >= 4 is 15.7 Å². The Morgan fingerprint density at radius 1 is 1.43 bits per heavy atom. The quantitative estimate of drug-likeness (QED) is 0.666. The van der Waals surface area contributed by atoms with Gasteiger partial charge in [0.05, 0.1) is 9.82 Å². The number of nitrogens with zero attached hydrogens (tertiary/aromatic N) is 2. The molecule has 1 aliphatic rings. The second kappa shape index (κ2) is 5.32. The molecule has 7 nitrogen and oxygen atoms in total. The maximum atomic E-state index is 13.6. The lowest BCUT2D eigenvalue weighted by atomic mass is 10.0. The minimum Gasteiger partial charge on any atom is -0.309 e. The Bertz CT molecular complexity index is 675. The number of hydrogen-bond acceptors (Lipinski definition) is 5. The summed E-state index contributed by atoms with van der Waals surface area (Å²) in [5.74, 6) is -1.16. The number of halogens is 1. The van der Waals surface area contributed by atoms with E-state index in [0.29, 0.717) is 12.6 Å². The second-order valence-corrected chi connectivity index (χ2v) is 7.46. The van der Waals surface area contributed by atoms with Crippen LogP contribution in [0.25, 0.3) is 0 Å². The Morgan fingerprint density at radius 3 is 2.62 bits per heavy atom. The Morgan fingerprint density at radius 2 is 2.10 bits per heavy atom. The number of nitro benzene ring substituents is 1. The molecule has 1 saturated heterocycles. The summed E-state index contributed by atoms with van der Waals surface area (Å²) >= 11 is 0. The molecule has 0 radical (unpaired) electrons. The zero-order chi connectivity index (χ0) is 15.8. The van der Waals surface area contributed by atoms with Crippen LogP contribution in [0.1, 0.15) is 13.8 Å². The van der Waals surface area contributed by atoms with E-state index in [-0.39, 0.29) is 23.5 Å². The molecule has 1 aromatic carbocycles. The first-order chi connectivity index (χ1) is 9.63. The van der Waals surface area contributed by atoms with Crippen molar-refractivity contribution < 1.29 is 17.7 Å². The minimum atomic E-state index is -3.87. The summed E-state index contributed by atoms with van der Waals surface area (Å²) in [4.78, 5) is 9.40. The van der Waals surface area contributed by atoms with Gasteiger partial charge < -0.3 is 5.32 Å². The highest BCUT2D eigenvalue weighted by Gasteiger charge is 2.34. The number of hydrogen-bond donors (Lipinski definition) is 1. The summed E-state index contributed by atoms with van der Waals surface area (Å²) in [5.41, 5.74) is -1.13. The summed E-state index contributed by atoms with van der Waals surface area (Å²) in [7, 11) is -3.87. The standard InChI is InChI=1S/C12H16FN3O4S/c1-12(2)8-15(6-5-14-12)21(19,20)9-3-4-11(16(17)18)10(13)7-9/h3-4,7,14H,5-6,8H2,1-2H3. The third-order valence-corrected chi connectivity index (χ3v) is 5.13. The first-order valence-electron chi connectivity index (χ1n) is 6.33. The van der Waals surface area contributed by atoms with Crippen molar-refractivity contribution in [3.8, 4) is 0 Å². The molecule has 1 fully saturated rings. The smallest absolute Gasteiger partial charge is 0.304 e. The van der Waals surface area contributed by atoms with Crippen LogP contribution in [-0.4, -0.2) is 42.8 Å². The molecule has 1 aromatic rings. The molecule has 9 heteroatoms. The van der Waals surface area contributed by atoms with Crippen molar-refractivity contribution in [3.63, 3.8) is 0 Å². The molecular formula is C12H16FN3O4S. The topological polar surface area (TPSA) is 92.5 Å². The van der Waals surface area contributed by atoms with Crippen molar-refractivity contribution in [2.75, 3.05) is 19.6 Å². The Kier molecular flexibility index (Phi) is 4.00. The van der Waals surface area contributed by atoms with Crippen molar-refractivity contribution in [3.05, 3.63) is 34.1 Å². The highest BCUT2D eigenvalue weighted by atomic mass is 32.2. The maximum absolute atomic E-state index is 13.6. The average molecular weight is 317 g/mol. The molecule has 0 bridgehead atoms. The number of rotatable bonds is 3. The van der Waals surface area contributed by atoms with Gasteiger partial charge in [-0.15, -0.1) is 0 Å². The predicted octanol–water partition coefficient (Wildman–Crippen LogP) is 1.11. The zero-order valence-corrected chi connectivity index (χ0v) is 12.5. The molecular weight excluding hydrogens is 301 g/mol. The van der Waals surface area contributed by atoms with Crippen LogP contribution in [0.4, 0.5) is 10.1 Å². The zero-order valence-electron chi connectivity index (χ0n) is 11.7. The van der Waals surface area contributed by atoms with Gasteiger partial charge in [0.2, 0.25) is 15.8 Å². The molecule has 0 aromatic heterocycles. The monoisotopic (exact) mass is 317 g/mol. The van der Waals surface area contributed by atoms with Crippen LogP contribution in [-0.2, 0) is 10.0 Å². The fourth-order valence-corrected chi connectivity index (χ4v) is 3.86. The lowest BCUT2D eigenvalue weighted by Crippen LogP contribution is -2.58. The van der Waals surface area contributed by atoms with Gasteiger partial charge in [0.1, 0.15) is 0 Å². The molecule has 0 spiro atoms. The van der Waals surface area contributed by atoms with E-state index in [4.69, 9.17) is 0 Å². The molecule has 0 amide bonds. The minimum absolute atomic E-state index is 0.244. The van der Waals surface area contributed by atoms with E-state index in [1.807, 2.05) is 13.8 Å². The molecule has 0 saturated carbocycles. The molecule has 0 atom stereocenters. The van der Waals surface area contributed by atoms with Gasteiger partial charge in [-0.25, -0.2) is 8.42 Å². The van der Waals surface area contributed by atoms with Gasteiger partial charge in [0.25, 0.3) is 0 Å². The SMILES string of the molecule is CC1(C)CN(S(=O)(=O)c2ccc([N+](=O)[O-])c(F)c2)CCN1. The van der Waals surface area contributed by atoms with E-state index in [9.17, 15) is 22.9 Å². The Hall–Kier alpha value is -1.58. The summed E-state index contributed by atoms with van der Waals surface area (Å²) in [5, 5.41) is 13.7. The fourth-order valence-electron chi connectivity index (χ4n) is 2.25. The second-order valence-electron chi connectivity index (χ2n) is 5.52. The molecule has 2 rings (SSSR count). The van der Waals surface area contributed by atoms with Crippen LogP contribution in [0.3, 0.4) is 0 Å². The van der Waals surface area contributed by atoms with Gasteiger partial charge in [-0.05, 0) is 19.9 Å². The van der Waals surface area contributed by atoms with Crippen LogP contribution >= 0.6 is 0 Å². The summed E-state index contributed by atoms with van der Waals surface area (Å²) in [6.45, 7) is 4.73. The van der Waals surface area contributed by atoms with Gasteiger partial charge in [0.15, 0.2) is 0 Å². The van der Waals surface area contributed by atoms with Crippen LogP contribution in [0.5, 0.6) is 0 Å². The van der Waals surface area contributed by atoms with E-state index in [0.717, 1.165) is 12.1 Å². The van der Waals surface area contributed by atoms with Gasteiger partial charge in [0, 0.05) is 37.3 Å². The highest BCUT2D eigenvalue weighted by molar-refractivity contribution is 7.89. The van der Waals surface area contributed by atoms with Gasteiger partial charge >= 0.3 is 5.69 Å². The highest BCUT2D eigenvalue weighted by Crippen LogP contribution is 2.25. The van der Waals surface area contributed by atoms with E-state index < -0.39 is 26.5 Å². The van der Waals surface area contributed by atoms with Crippen LogP contribution in [0.15, 0.2) is 23.1 Å². The van der Waals surface area contributed by atoms with Gasteiger partial charge in [-0.2, -0.15) is 8.70 Å². The maximum Gasteiger partial charge on any atom is 0.304 e. The van der Waals surface area contributed by atoms with Crippen molar-refractivity contribution in [1.82, 2.24) is 9.62 Å². The first kappa shape index (κ1) is 15.8. The first-order valence-corrected chi connectivity index (χ1v) is 7.77. The predicted molar refractivity (Wildman–Crippen MR) is 73.9 cm³/mol. The number of benzene rings is 1. The van der Waals surface area contributed by atoms with Gasteiger partial charge in [-0.3, -0.25) is 10.1 Å². The molecule has 0 unspecified atom stereocenters. The third-order valence-electron chi connectivity index (χ3n) is 3.29. The van der Waals surface area contributed by atoms with Crippen molar-refractivity contribution in [2.45, 2.75) is 24.3 Å². The van der Waals surface area contributed by atoms with E-state index in [1.165, 1.54) is 4.31 Å². The molecule has 1 N–H and O–H groups in total. The average Bonchev–Trinajstić information content (AvgIpc) is 2.36. The van der Waals surface area contributed by atoms with E-state index >= 15 is 0 Å². The Labute approximate surface area is 122 Å². The number of nitro groups is 1. The molecule has 1 heterocycles. The molecule has 0 aliphatic carbocycles. The molecule has 21 heavy (non-hydrogen) atoms. The van der Waals surface area contributed by atoms with E-state index in [1.54, 1.807) is 0 Å².